The maximum absolute atomic E-state index is 14.1. The number of alkyl halides is 1. The molecule has 3 saturated heterocycles. The van der Waals surface area contributed by atoms with E-state index in [-0.39, 0.29) is 23.4 Å². The highest BCUT2D eigenvalue weighted by atomic mass is 79.9. The van der Waals surface area contributed by atoms with E-state index in [0.29, 0.717) is 13.0 Å². The molecule has 172 valence electrons. The highest BCUT2D eigenvalue weighted by Crippen LogP contribution is 2.60. The van der Waals surface area contributed by atoms with Crippen LogP contribution < -0.4 is 0 Å². The van der Waals surface area contributed by atoms with Crippen LogP contribution in [0.2, 0.25) is 0 Å². The van der Waals surface area contributed by atoms with Crippen LogP contribution in [-0.4, -0.2) is 85.6 Å². The predicted octanol–water partition coefficient (Wildman–Crippen LogP) is 1.55. The van der Waals surface area contributed by atoms with Crippen LogP contribution in [0.4, 0.5) is 0 Å². The molecule has 2 amide bonds. The number of nitrogens with zero attached hydrogens (tertiary/aromatic N) is 2. The van der Waals surface area contributed by atoms with Gasteiger partial charge < -0.3 is 24.7 Å². The van der Waals surface area contributed by atoms with Crippen LogP contribution in [0, 0.1) is 11.8 Å². The summed E-state index contributed by atoms with van der Waals surface area (Å²) in [6.45, 7) is 5.54. The Bertz CT molecular complexity index is 771. The van der Waals surface area contributed by atoms with E-state index in [1.54, 1.807) is 17.9 Å². The van der Waals surface area contributed by atoms with Crippen molar-refractivity contribution in [2.45, 2.75) is 80.1 Å². The minimum atomic E-state index is -1.20. The van der Waals surface area contributed by atoms with E-state index in [1.165, 1.54) is 4.90 Å². The van der Waals surface area contributed by atoms with Crippen molar-refractivity contribution in [2.24, 2.45) is 11.8 Å². The van der Waals surface area contributed by atoms with E-state index >= 15 is 0 Å². The molecule has 2 bridgehead atoms. The summed E-state index contributed by atoms with van der Waals surface area (Å²) in [5, 5.41) is 19.7. The number of hydrogen-bond donors (Lipinski definition) is 2. The third-order valence-electron chi connectivity index (χ3n) is 7.61. The third-order valence-corrected chi connectivity index (χ3v) is 8.45. The lowest BCUT2D eigenvalue weighted by Crippen LogP contribution is -2.60. The fraction of sp³-hybridized carbons (Fsp3) is 0.773. The first kappa shape index (κ1) is 22.7. The van der Waals surface area contributed by atoms with Crippen molar-refractivity contribution in [3.8, 4) is 0 Å². The Balaban J connectivity index is 1.77. The van der Waals surface area contributed by atoms with Crippen molar-refractivity contribution in [1.82, 2.24) is 9.80 Å². The van der Waals surface area contributed by atoms with Gasteiger partial charge in [0.1, 0.15) is 11.6 Å². The molecular formula is C22H31BrN2O6. The molecule has 9 heteroatoms. The fourth-order valence-electron chi connectivity index (χ4n) is 6.30. The number of carbonyl (C=O) groups excluding carboxylic acids is 2. The molecule has 0 aromatic carbocycles. The van der Waals surface area contributed by atoms with Crippen molar-refractivity contribution in [3.63, 3.8) is 0 Å². The molecule has 0 radical (unpaired) electrons. The van der Waals surface area contributed by atoms with Gasteiger partial charge in [-0.25, -0.2) is 0 Å². The summed E-state index contributed by atoms with van der Waals surface area (Å²) in [5.74, 6) is -3.66. The lowest BCUT2D eigenvalue weighted by molar-refractivity contribution is -0.154. The van der Waals surface area contributed by atoms with Gasteiger partial charge in [-0.05, 0) is 26.2 Å². The summed E-state index contributed by atoms with van der Waals surface area (Å²) in [4.78, 5) is 42.7. The molecule has 7 atom stereocenters. The summed E-state index contributed by atoms with van der Waals surface area (Å²) in [6, 6.07) is -1.52. The number of carbonyl (C=O) groups is 3. The Hall–Kier alpha value is -1.45. The number of halogens is 1. The summed E-state index contributed by atoms with van der Waals surface area (Å²) in [5.41, 5.74) is -1.20. The highest BCUT2D eigenvalue weighted by molar-refractivity contribution is 9.09. The number of likely N-dealkylation sites (tertiary alicyclic amines) is 1. The molecule has 3 heterocycles. The number of fused-ring (bicyclic) bond motifs is 1. The number of hydrogen-bond acceptors (Lipinski definition) is 5. The molecule has 0 aromatic heterocycles. The van der Waals surface area contributed by atoms with Gasteiger partial charge in [0, 0.05) is 17.4 Å². The first-order valence-corrected chi connectivity index (χ1v) is 12.1. The summed E-state index contributed by atoms with van der Waals surface area (Å²) >= 11 is 3.54. The summed E-state index contributed by atoms with van der Waals surface area (Å²) in [7, 11) is 0. The minimum Gasteiger partial charge on any atom is -0.481 e. The minimum absolute atomic E-state index is 0.0599. The number of ether oxygens (including phenoxy) is 1. The van der Waals surface area contributed by atoms with Crippen LogP contribution in [-0.2, 0) is 19.1 Å². The monoisotopic (exact) mass is 498 g/mol. The molecule has 1 aliphatic carbocycles. The first-order valence-electron chi connectivity index (χ1n) is 11.2. The molecule has 3 unspecified atom stereocenters. The molecule has 8 nitrogen and oxygen atoms in total. The first-order chi connectivity index (χ1) is 14.8. The Morgan fingerprint density at radius 2 is 2.06 bits per heavy atom. The average molecular weight is 499 g/mol. The average Bonchev–Trinajstić information content (AvgIpc) is 3.35. The van der Waals surface area contributed by atoms with Gasteiger partial charge in [0.15, 0.2) is 0 Å². The number of aliphatic hydroxyl groups is 1. The maximum atomic E-state index is 14.1. The number of aliphatic carboxylic acids is 1. The molecule has 0 aromatic rings. The van der Waals surface area contributed by atoms with Crippen LogP contribution in [0.3, 0.4) is 0 Å². The van der Waals surface area contributed by atoms with Crippen molar-refractivity contribution in [3.05, 3.63) is 12.7 Å². The van der Waals surface area contributed by atoms with E-state index in [0.717, 1.165) is 32.1 Å². The van der Waals surface area contributed by atoms with Crippen molar-refractivity contribution in [1.29, 1.82) is 0 Å². The van der Waals surface area contributed by atoms with E-state index in [1.807, 2.05) is 0 Å². The lowest BCUT2D eigenvalue weighted by atomic mass is 9.70. The summed E-state index contributed by atoms with van der Waals surface area (Å²) < 4.78 is 6.27. The van der Waals surface area contributed by atoms with Gasteiger partial charge in [0.05, 0.1) is 30.6 Å². The second-order valence-electron chi connectivity index (χ2n) is 9.35. The molecule has 3 aliphatic heterocycles. The second kappa shape index (κ2) is 8.48. The highest BCUT2D eigenvalue weighted by Gasteiger charge is 2.77. The smallest absolute Gasteiger partial charge is 0.310 e. The molecule has 4 fully saturated rings. The normalized spacial score (nSPS) is 38.2. The number of rotatable bonds is 7. The van der Waals surface area contributed by atoms with E-state index in [4.69, 9.17) is 4.74 Å². The van der Waals surface area contributed by atoms with Gasteiger partial charge in [-0.2, -0.15) is 0 Å². The third kappa shape index (κ3) is 3.35. The van der Waals surface area contributed by atoms with Crippen LogP contribution in [0.1, 0.15) is 45.4 Å². The molecule has 4 aliphatic rings. The predicted molar refractivity (Wildman–Crippen MR) is 116 cm³/mol. The number of carboxylic acid groups (broad SMARTS) is 1. The Morgan fingerprint density at radius 1 is 1.39 bits per heavy atom. The van der Waals surface area contributed by atoms with Gasteiger partial charge in [-0.3, -0.25) is 14.4 Å². The van der Waals surface area contributed by atoms with Crippen LogP contribution in [0.25, 0.3) is 0 Å². The topological polar surface area (TPSA) is 107 Å². The largest absolute Gasteiger partial charge is 0.481 e. The SMILES string of the molecule is C=CCN(C(=O)C1N([C@H](C)CO)C(=O)[C@@H]2[C@@H](C(=O)O)[C@@H]3OC12CC3Br)C1CCCCC1. The second-order valence-corrected chi connectivity index (χ2v) is 10.5. The number of carboxylic acids is 1. The Kier molecular flexibility index (Phi) is 6.22. The Labute approximate surface area is 190 Å². The van der Waals surface area contributed by atoms with E-state index in [2.05, 4.69) is 22.5 Å². The van der Waals surface area contributed by atoms with Gasteiger partial charge >= 0.3 is 5.97 Å². The zero-order chi connectivity index (χ0) is 22.5. The van der Waals surface area contributed by atoms with Crippen LogP contribution >= 0.6 is 15.9 Å². The number of amides is 2. The van der Waals surface area contributed by atoms with E-state index < -0.39 is 47.5 Å². The van der Waals surface area contributed by atoms with Crippen molar-refractivity contribution in [2.75, 3.05) is 13.2 Å². The van der Waals surface area contributed by atoms with Crippen LogP contribution in [0.15, 0.2) is 12.7 Å². The van der Waals surface area contributed by atoms with Crippen molar-refractivity contribution < 1.29 is 29.3 Å². The van der Waals surface area contributed by atoms with Gasteiger partial charge in [0.25, 0.3) is 0 Å². The van der Waals surface area contributed by atoms with Crippen LogP contribution in [0.5, 0.6) is 0 Å². The lowest BCUT2D eigenvalue weighted by Gasteiger charge is -2.42. The molecular weight excluding hydrogens is 468 g/mol. The Morgan fingerprint density at radius 3 is 2.65 bits per heavy atom. The fourth-order valence-corrected chi connectivity index (χ4v) is 7.24. The molecule has 2 N–H and O–H groups in total. The molecule has 4 rings (SSSR count). The quantitative estimate of drug-likeness (QED) is 0.407. The standard InChI is InChI=1S/C22H31BrN2O6/c1-3-9-24(13-7-5-4-6-8-13)20(28)18-22-10-14(23)17(31-22)15(21(29)30)16(22)19(27)25(18)12(2)11-26/h3,12-18,26H,1,4-11H2,2H3,(H,29,30)/t12-,14?,15-,16+,17-,18?,22?/m1/s1. The number of aliphatic hydroxyl groups excluding tert-OH is 1. The van der Waals surface area contributed by atoms with Gasteiger partial charge in [0.2, 0.25) is 11.8 Å². The van der Waals surface area contributed by atoms with Gasteiger partial charge in [-0.15, -0.1) is 6.58 Å². The van der Waals surface area contributed by atoms with Crippen molar-refractivity contribution >= 4 is 33.7 Å². The zero-order valence-corrected chi connectivity index (χ0v) is 19.4. The maximum Gasteiger partial charge on any atom is 0.310 e. The molecule has 31 heavy (non-hydrogen) atoms. The molecule has 1 saturated carbocycles. The van der Waals surface area contributed by atoms with Gasteiger partial charge in [-0.1, -0.05) is 41.3 Å². The zero-order valence-electron chi connectivity index (χ0n) is 17.8. The molecule has 1 spiro atoms. The summed E-state index contributed by atoms with van der Waals surface area (Å²) in [6.07, 6.45) is 6.45. The van der Waals surface area contributed by atoms with E-state index in [9.17, 15) is 24.6 Å².